The zero-order chi connectivity index (χ0) is 13.0. The van der Waals surface area contributed by atoms with Crippen LogP contribution in [0.1, 0.15) is 34.0 Å². The standard InChI is InChI=1S/C16H21NS/c1-12-6-8-15(13(2)11-12)16(17-3)9-7-14-5-4-10-18-14/h4-6,8,10-11,16-17H,7,9H2,1-3H3. The van der Waals surface area contributed by atoms with Crippen LogP contribution in [-0.2, 0) is 6.42 Å². The molecule has 1 heterocycles. The van der Waals surface area contributed by atoms with Crippen molar-refractivity contribution in [2.75, 3.05) is 7.05 Å². The molecule has 96 valence electrons. The van der Waals surface area contributed by atoms with E-state index in [0.29, 0.717) is 6.04 Å². The summed E-state index contributed by atoms with van der Waals surface area (Å²) in [6.45, 7) is 4.36. The summed E-state index contributed by atoms with van der Waals surface area (Å²) < 4.78 is 0. The van der Waals surface area contributed by atoms with Gasteiger partial charge in [-0.2, -0.15) is 0 Å². The first-order valence-corrected chi connectivity index (χ1v) is 7.35. The molecular formula is C16H21NS. The average Bonchev–Trinajstić information content (AvgIpc) is 2.85. The summed E-state index contributed by atoms with van der Waals surface area (Å²) >= 11 is 1.85. The lowest BCUT2D eigenvalue weighted by Crippen LogP contribution is -2.18. The molecule has 2 rings (SSSR count). The highest BCUT2D eigenvalue weighted by Crippen LogP contribution is 2.24. The fourth-order valence-corrected chi connectivity index (χ4v) is 3.14. The van der Waals surface area contributed by atoms with E-state index in [4.69, 9.17) is 0 Å². The largest absolute Gasteiger partial charge is 0.313 e. The maximum absolute atomic E-state index is 3.45. The monoisotopic (exact) mass is 259 g/mol. The van der Waals surface area contributed by atoms with Gasteiger partial charge in [0, 0.05) is 10.9 Å². The van der Waals surface area contributed by atoms with Gasteiger partial charge in [0.25, 0.3) is 0 Å². The van der Waals surface area contributed by atoms with Gasteiger partial charge in [-0.1, -0.05) is 29.8 Å². The molecule has 0 spiro atoms. The van der Waals surface area contributed by atoms with Gasteiger partial charge in [-0.3, -0.25) is 0 Å². The molecule has 1 N–H and O–H groups in total. The van der Waals surface area contributed by atoms with Gasteiger partial charge < -0.3 is 5.32 Å². The summed E-state index contributed by atoms with van der Waals surface area (Å²) in [7, 11) is 2.05. The Bertz CT molecular complexity index is 488. The number of rotatable bonds is 5. The number of aryl methyl sites for hydroxylation is 3. The van der Waals surface area contributed by atoms with E-state index in [0.717, 1.165) is 12.8 Å². The Morgan fingerprint density at radius 1 is 1.22 bits per heavy atom. The van der Waals surface area contributed by atoms with Crippen LogP contribution in [0.2, 0.25) is 0 Å². The molecule has 1 aromatic carbocycles. The maximum Gasteiger partial charge on any atom is 0.0323 e. The predicted molar refractivity (Wildman–Crippen MR) is 80.4 cm³/mol. The van der Waals surface area contributed by atoms with Crippen molar-refractivity contribution in [2.24, 2.45) is 0 Å². The molecule has 0 amide bonds. The Morgan fingerprint density at radius 3 is 2.67 bits per heavy atom. The third-order valence-corrected chi connectivity index (χ3v) is 4.34. The molecule has 1 atom stereocenters. The first kappa shape index (κ1) is 13.3. The lowest BCUT2D eigenvalue weighted by molar-refractivity contribution is 0.549. The molecule has 1 unspecified atom stereocenters. The zero-order valence-corrected chi connectivity index (χ0v) is 12.2. The molecule has 0 saturated carbocycles. The van der Waals surface area contributed by atoms with Crippen molar-refractivity contribution >= 4 is 11.3 Å². The molecule has 18 heavy (non-hydrogen) atoms. The number of thiophene rings is 1. The molecule has 2 heteroatoms. The molecule has 0 bridgehead atoms. The molecular weight excluding hydrogens is 238 g/mol. The molecule has 2 aromatic rings. The van der Waals surface area contributed by atoms with Crippen LogP contribution >= 0.6 is 11.3 Å². The molecule has 0 fully saturated rings. The molecule has 1 aromatic heterocycles. The van der Waals surface area contributed by atoms with Crippen LogP contribution in [0.4, 0.5) is 0 Å². The first-order valence-electron chi connectivity index (χ1n) is 6.47. The Kier molecular flexibility index (Phi) is 4.56. The fourth-order valence-electron chi connectivity index (χ4n) is 2.41. The minimum absolute atomic E-state index is 0.452. The van der Waals surface area contributed by atoms with E-state index in [-0.39, 0.29) is 0 Å². The number of hydrogen-bond acceptors (Lipinski definition) is 2. The van der Waals surface area contributed by atoms with Crippen LogP contribution < -0.4 is 5.32 Å². The van der Waals surface area contributed by atoms with E-state index >= 15 is 0 Å². The van der Waals surface area contributed by atoms with E-state index in [2.05, 4.69) is 61.9 Å². The SMILES string of the molecule is CNC(CCc1cccs1)c1ccc(C)cc1C. The summed E-state index contributed by atoms with van der Waals surface area (Å²) in [6.07, 6.45) is 2.30. The van der Waals surface area contributed by atoms with Gasteiger partial charge in [0.1, 0.15) is 0 Å². The van der Waals surface area contributed by atoms with Gasteiger partial charge in [-0.05, 0) is 56.3 Å². The van der Waals surface area contributed by atoms with Crippen molar-refractivity contribution in [3.63, 3.8) is 0 Å². The molecule has 0 aliphatic rings. The third kappa shape index (κ3) is 3.21. The second-order valence-electron chi connectivity index (χ2n) is 4.82. The van der Waals surface area contributed by atoms with Crippen molar-refractivity contribution in [3.05, 3.63) is 57.3 Å². The van der Waals surface area contributed by atoms with Crippen LogP contribution in [0.15, 0.2) is 35.7 Å². The molecule has 0 aliphatic heterocycles. The van der Waals surface area contributed by atoms with Crippen LogP contribution in [-0.4, -0.2) is 7.05 Å². The topological polar surface area (TPSA) is 12.0 Å². The Labute approximate surface area is 114 Å². The van der Waals surface area contributed by atoms with Gasteiger partial charge in [0.05, 0.1) is 0 Å². The predicted octanol–water partition coefficient (Wildman–Crippen LogP) is 4.26. The lowest BCUT2D eigenvalue weighted by Gasteiger charge is -2.19. The van der Waals surface area contributed by atoms with Crippen molar-refractivity contribution in [1.82, 2.24) is 5.32 Å². The van der Waals surface area contributed by atoms with E-state index in [1.807, 2.05) is 11.3 Å². The minimum atomic E-state index is 0.452. The summed E-state index contributed by atoms with van der Waals surface area (Å²) in [4.78, 5) is 1.47. The third-order valence-electron chi connectivity index (χ3n) is 3.41. The summed E-state index contributed by atoms with van der Waals surface area (Å²) in [5.41, 5.74) is 4.16. The highest BCUT2D eigenvalue weighted by Gasteiger charge is 2.12. The van der Waals surface area contributed by atoms with Crippen molar-refractivity contribution in [1.29, 1.82) is 0 Å². The van der Waals surface area contributed by atoms with E-state index < -0.39 is 0 Å². The zero-order valence-electron chi connectivity index (χ0n) is 11.4. The second-order valence-corrected chi connectivity index (χ2v) is 5.85. The Hall–Kier alpha value is -1.12. The van der Waals surface area contributed by atoms with Crippen LogP contribution in [0.25, 0.3) is 0 Å². The lowest BCUT2D eigenvalue weighted by atomic mass is 9.96. The summed E-state index contributed by atoms with van der Waals surface area (Å²) in [5.74, 6) is 0. The second kappa shape index (κ2) is 6.17. The Balaban J connectivity index is 2.08. The van der Waals surface area contributed by atoms with Gasteiger partial charge in [-0.25, -0.2) is 0 Å². The fraction of sp³-hybridized carbons (Fsp3) is 0.375. The average molecular weight is 259 g/mol. The van der Waals surface area contributed by atoms with E-state index in [9.17, 15) is 0 Å². The number of hydrogen-bond donors (Lipinski definition) is 1. The van der Waals surface area contributed by atoms with Crippen LogP contribution in [0.3, 0.4) is 0 Å². The number of benzene rings is 1. The van der Waals surface area contributed by atoms with Crippen molar-refractivity contribution < 1.29 is 0 Å². The highest BCUT2D eigenvalue weighted by atomic mass is 32.1. The van der Waals surface area contributed by atoms with Gasteiger partial charge in [-0.15, -0.1) is 11.3 Å². The summed E-state index contributed by atoms with van der Waals surface area (Å²) in [5, 5.41) is 5.60. The van der Waals surface area contributed by atoms with Crippen molar-refractivity contribution in [3.8, 4) is 0 Å². The quantitative estimate of drug-likeness (QED) is 0.846. The number of nitrogens with one attached hydrogen (secondary N) is 1. The van der Waals surface area contributed by atoms with Gasteiger partial charge in [0.2, 0.25) is 0 Å². The van der Waals surface area contributed by atoms with Gasteiger partial charge in [0.15, 0.2) is 0 Å². The van der Waals surface area contributed by atoms with Crippen LogP contribution in [0, 0.1) is 13.8 Å². The van der Waals surface area contributed by atoms with Crippen LogP contribution in [0.5, 0.6) is 0 Å². The summed E-state index contributed by atoms with van der Waals surface area (Å²) in [6, 6.07) is 11.5. The minimum Gasteiger partial charge on any atom is -0.313 e. The normalized spacial score (nSPS) is 12.6. The van der Waals surface area contributed by atoms with Gasteiger partial charge >= 0.3 is 0 Å². The molecule has 0 radical (unpaired) electrons. The smallest absolute Gasteiger partial charge is 0.0323 e. The van der Waals surface area contributed by atoms with Crippen molar-refractivity contribution in [2.45, 2.75) is 32.7 Å². The first-order chi connectivity index (χ1) is 8.70. The van der Waals surface area contributed by atoms with E-state index in [1.165, 1.54) is 21.6 Å². The highest BCUT2D eigenvalue weighted by molar-refractivity contribution is 7.09. The maximum atomic E-state index is 3.45. The molecule has 0 saturated heterocycles. The van der Waals surface area contributed by atoms with E-state index in [1.54, 1.807) is 0 Å². The molecule has 0 aliphatic carbocycles. The Morgan fingerprint density at radius 2 is 2.06 bits per heavy atom. The molecule has 1 nitrogen and oxygen atoms in total.